The highest BCUT2D eigenvalue weighted by atomic mass is 16.3. The lowest BCUT2D eigenvalue weighted by Crippen LogP contribution is -2.44. The van der Waals surface area contributed by atoms with Crippen molar-refractivity contribution >= 4 is 5.78 Å². The van der Waals surface area contributed by atoms with Crippen molar-refractivity contribution < 1.29 is 9.90 Å². The smallest absolute Gasteiger partial charge is 0.146 e. The molecule has 0 spiro atoms. The van der Waals surface area contributed by atoms with Crippen molar-refractivity contribution in [1.29, 1.82) is 0 Å². The predicted octanol–water partition coefficient (Wildman–Crippen LogP) is 1.20. The number of nitrogens with zero attached hydrogens (tertiary/aromatic N) is 1. The molecular weight excluding hydrogens is 178 g/mol. The maximum atomic E-state index is 11.4. The molecule has 82 valence electrons. The van der Waals surface area contributed by atoms with Gasteiger partial charge in [0, 0.05) is 19.0 Å². The number of Topliss-reactive ketones (excluding diaryl/α,β-unsaturated/α-hetero) is 1. The molecule has 0 atom stereocenters. The first-order chi connectivity index (χ1) is 6.77. The number of aliphatic hydroxyl groups excluding tert-OH is 1. The van der Waals surface area contributed by atoms with Gasteiger partial charge in [-0.3, -0.25) is 9.69 Å². The summed E-state index contributed by atoms with van der Waals surface area (Å²) in [7, 11) is 0. The fourth-order valence-electron chi connectivity index (χ4n) is 1.86. The third-order valence-corrected chi connectivity index (χ3v) is 2.89. The summed E-state index contributed by atoms with van der Waals surface area (Å²) in [5.74, 6) is 0.313. The van der Waals surface area contributed by atoms with E-state index in [-0.39, 0.29) is 6.61 Å². The highest BCUT2D eigenvalue weighted by Crippen LogP contribution is 2.24. The molecule has 1 N–H and O–H groups in total. The molecule has 0 bridgehead atoms. The minimum Gasteiger partial charge on any atom is -0.395 e. The zero-order valence-corrected chi connectivity index (χ0v) is 9.04. The Kier molecular flexibility index (Phi) is 5.12. The van der Waals surface area contributed by atoms with Gasteiger partial charge in [-0.05, 0) is 19.3 Å². The van der Waals surface area contributed by atoms with Crippen molar-refractivity contribution in [2.24, 2.45) is 0 Å². The molecule has 14 heavy (non-hydrogen) atoms. The molecule has 1 fully saturated rings. The average molecular weight is 199 g/mol. The first-order valence-corrected chi connectivity index (χ1v) is 5.64. The number of carbonyl (C=O) groups excluding carboxylic acids is 1. The van der Waals surface area contributed by atoms with Gasteiger partial charge in [-0.2, -0.15) is 0 Å². The predicted molar refractivity (Wildman–Crippen MR) is 56.2 cm³/mol. The molecule has 3 nitrogen and oxygen atoms in total. The van der Waals surface area contributed by atoms with Crippen LogP contribution in [0.2, 0.25) is 0 Å². The Morgan fingerprint density at radius 3 is 2.64 bits per heavy atom. The van der Waals surface area contributed by atoms with Crippen molar-refractivity contribution in [3.8, 4) is 0 Å². The van der Waals surface area contributed by atoms with Gasteiger partial charge in [-0.25, -0.2) is 0 Å². The second kappa shape index (κ2) is 6.14. The topological polar surface area (TPSA) is 40.5 Å². The summed E-state index contributed by atoms with van der Waals surface area (Å²) in [6.07, 6.45) is 5.26. The van der Waals surface area contributed by atoms with Gasteiger partial charge >= 0.3 is 0 Å². The Morgan fingerprint density at radius 2 is 2.21 bits per heavy atom. The molecule has 0 heterocycles. The molecule has 1 saturated carbocycles. The van der Waals surface area contributed by atoms with Crippen LogP contribution < -0.4 is 0 Å². The minimum absolute atomic E-state index is 0.163. The van der Waals surface area contributed by atoms with E-state index in [0.29, 0.717) is 31.3 Å². The molecular formula is C11H21NO2. The Balaban J connectivity index is 2.30. The van der Waals surface area contributed by atoms with Gasteiger partial charge in [0.05, 0.1) is 13.2 Å². The van der Waals surface area contributed by atoms with Crippen LogP contribution in [-0.4, -0.2) is 41.5 Å². The monoisotopic (exact) mass is 199 g/mol. The third-order valence-electron chi connectivity index (χ3n) is 2.89. The molecule has 0 aliphatic heterocycles. The van der Waals surface area contributed by atoms with E-state index < -0.39 is 0 Å². The van der Waals surface area contributed by atoms with E-state index >= 15 is 0 Å². The van der Waals surface area contributed by atoms with Crippen LogP contribution in [0.15, 0.2) is 0 Å². The second-order valence-corrected chi connectivity index (χ2v) is 4.07. The van der Waals surface area contributed by atoms with E-state index in [1.54, 1.807) is 0 Å². The van der Waals surface area contributed by atoms with Gasteiger partial charge in [0.25, 0.3) is 0 Å². The van der Waals surface area contributed by atoms with E-state index in [1.807, 2.05) is 6.92 Å². The lowest BCUT2D eigenvalue weighted by Gasteiger charge is -2.36. The minimum atomic E-state index is 0.163. The number of carbonyl (C=O) groups is 1. The molecule has 0 radical (unpaired) electrons. The molecule has 0 saturated heterocycles. The van der Waals surface area contributed by atoms with Crippen LogP contribution >= 0.6 is 0 Å². The Bertz CT molecular complexity index is 178. The number of aliphatic hydroxyl groups is 1. The van der Waals surface area contributed by atoms with Crippen LogP contribution in [0.3, 0.4) is 0 Å². The molecule has 0 aromatic heterocycles. The van der Waals surface area contributed by atoms with Crippen LogP contribution in [0.5, 0.6) is 0 Å². The normalized spacial score (nSPS) is 17.1. The summed E-state index contributed by atoms with van der Waals surface area (Å²) in [6.45, 7) is 3.38. The quantitative estimate of drug-likeness (QED) is 0.670. The van der Waals surface area contributed by atoms with Crippen LogP contribution in [0, 0.1) is 0 Å². The zero-order valence-electron chi connectivity index (χ0n) is 9.04. The van der Waals surface area contributed by atoms with Crippen molar-refractivity contribution in [1.82, 2.24) is 4.90 Å². The Hall–Kier alpha value is -0.410. The van der Waals surface area contributed by atoms with Gasteiger partial charge in [-0.1, -0.05) is 13.3 Å². The van der Waals surface area contributed by atoms with E-state index in [1.165, 1.54) is 19.3 Å². The van der Waals surface area contributed by atoms with Gasteiger partial charge in [0.15, 0.2) is 0 Å². The van der Waals surface area contributed by atoms with Crippen LogP contribution in [0.25, 0.3) is 0 Å². The lowest BCUT2D eigenvalue weighted by atomic mass is 9.91. The Labute approximate surface area is 86.1 Å². The first-order valence-electron chi connectivity index (χ1n) is 5.64. The van der Waals surface area contributed by atoms with E-state index in [2.05, 4.69) is 4.90 Å². The van der Waals surface area contributed by atoms with Gasteiger partial charge in [0.1, 0.15) is 5.78 Å². The van der Waals surface area contributed by atoms with Crippen molar-refractivity contribution in [3.05, 3.63) is 0 Å². The fraction of sp³-hybridized carbons (Fsp3) is 0.909. The highest BCUT2D eigenvalue weighted by Gasteiger charge is 2.25. The molecule has 0 aromatic carbocycles. The molecule has 1 aliphatic carbocycles. The maximum absolute atomic E-state index is 11.4. The highest BCUT2D eigenvalue weighted by molar-refractivity contribution is 5.80. The molecule has 1 rings (SSSR count). The fourth-order valence-corrected chi connectivity index (χ4v) is 1.86. The number of rotatable bonds is 7. The summed E-state index contributed by atoms with van der Waals surface area (Å²) >= 11 is 0. The van der Waals surface area contributed by atoms with Crippen molar-refractivity contribution in [2.45, 2.75) is 45.1 Å². The van der Waals surface area contributed by atoms with Gasteiger partial charge in [0.2, 0.25) is 0 Å². The second-order valence-electron chi connectivity index (χ2n) is 4.07. The van der Waals surface area contributed by atoms with E-state index in [0.717, 1.165) is 6.42 Å². The van der Waals surface area contributed by atoms with Crippen molar-refractivity contribution in [3.63, 3.8) is 0 Å². The number of ketones is 1. The van der Waals surface area contributed by atoms with Crippen LogP contribution in [0.4, 0.5) is 0 Å². The van der Waals surface area contributed by atoms with E-state index in [4.69, 9.17) is 5.11 Å². The third kappa shape index (κ3) is 3.39. The zero-order chi connectivity index (χ0) is 10.4. The summed E-state index contributed by atoms with van der Waals surface area (Å²) in [5.41, 5.74) is 0. The standard InChI is InChI=1S/C11H21NO2/c1-2-4-11(14)9-12(7-8-13)10-5-3-6-10/h10,13H,2-9H2,1H3. The van der Waals surface area contributed by atoms with Crippen molar-refractivity contribution in [2.75, 3.05) is 19.7 Å². The number of hydrogen-bond donors (Lipinski definition) is 1. The van der Waals surface area contributed by atoms with Crippen LogP contribution in [-0.2, 0) is 4.79 Å². The molecule has 1 aliphatic rings. The SMILES string of the molecule is CCCC(=O)CN(CCO)C1CCC1. The molecule has 0 aromatic rings. The summed E-state index contributed by atoms with van der Waals surface area (Å²) in [4.78, 5) is 13.6. The Morgan fingerprint density at radius 1 is 1.50 bits per heavy atom. The van der Waals surface area contributed by atoms with Crippen LogP contribution in [0.1, 0.15) is 39.0 Å². The summed E-state index contributed by atoms with van der Waals surface area (Å²) in [5, 5.41) is 8.89. The summed E-state index contributed by atoms with van der Waals surface area (Å²) in [6, 6.07) is 0.558. The largest absolute Gasteiger partial charge is 0.395 e. The maximum Gasteiger partial charge on any atom is 0.146 e. The molecule has 0 unspecified atom stereocenters. The molecule has 0 amide bonds. The van der Waals surface area contributed by atoms with Gasteiger partial charge < -0.3 is 5.11 Å². The van der Waals surface area contributed by atoms with Gasteiger partial charge in [-0.15, -0.1) is 0 Å². The summed E-state index contributed by atoms with van der Waals surface area (Å²) < 4.78 is 0. The van der Waals surface area contributed by atoms with E-state index in [9.17, 15) is 4.79 Å². The number of hydrogen-bond acceptors (Lipinski definition) is 3. The average Bonchev–Trinajstić information content (AvgIpc) is 2.01. The molecule has 3 heteroatoms. The lowest BCUT2D eigenvalue weighted by molar-refractivity contribution is -0.121. The first kappa shape index (κ1) is 11.7.